The van der Waals surface area contributed by atoms with E-state index in [0.717, 1.165) is 11.1 Å². The zero-order chi connectivity index (χ0) is 23.7. The molecule has 0 saturated heterocycles. The number of nitrogens with one attached hydrogen (secondary N) is 2. The Hall–Kier alpha value is -3.62. The number of carbonyl (C=O) groups excluding carboxylic acids is 1. The molecule has 3 rings (SSSR count). The van der Waals surface area contributed by atoms with Crippen molar-refractivity contribution in [2.45, 2.75) is 18.0 Å². The third-order valence-electron chi connectivity index (χ3n) is 4.74. The van der Waals surface area contributed by atoms with E-state index >= 15 is 0 Å². The van der Waals surface area contributed by atoms with Gasteiger partial charge in [-0.15, -0.1) is 6.58 Å². The standard InChI is InChI=1S/C25H26N2O5S/c1-3-14-27-33(29,30)22-11-7-10-21(16-22)25(28)26-17-20-12-13-23(24(15-20)31-2)32-18-19-8-5-4-6-9-19/h3-13,15-16,27H,1,14,17-18H2,2H3,(H,26,28). The molecule has 0 spiro atoms. The Morgan fingerprint density at radius 3 is 2.48 bits per heavy atom. The molecule has 3 aromatic carbocycles. The van der Waals surface area contributed by atoms with E-state index in [4.69, 9.17) is 9.47 Å². The number of hydrogen-bond acceptors (Lipinski definition) is 5. The number of carbonyl (C=O) groups is 1. The van der Waals surface area contributed by atoms with Crippen LogP contribution in [0, 0.1) is 0 Å². The number of ether oxygens (including phenoxy) is 2. The molecule has 8 heteroatoms. The molecular weight excluding hydrogens is 440 g/mol. The van der Waals surface area contributed by atoms with Crippen LogP contribution in [0.3, 0.4) is 0 Å². The molecule has 3 aromatic rings. The fourth-order valence-electron chi connectivity index (χ4n) is 3.02. The molecule has 7 nitrogen and oxygen atoms in total. The fourth-order valence-corrected chi connectivity index (χ4v) is 4.06. The summed E-state index contributed by atoms with van der Waals surface area (Å²) in [6, 6.07) is 21.1. The Morgan fingerprint density at radius 1 is 0.970 bits per heavy atom. The second-order valence-electron chi connectivity index (χ2n) is 7.11. The quantitative estimate of drug-likeness (QED) is 0.421. The van der Waals surface area contributed by atoms with Crippen molar-refractivity contribution in [2.24, 2.45) is 0 Å². The first-order valence-electron chi connectivity index (χ1n) is 10.3. The minimum atomic E-state index is -3.72. The molecule has 0 aliphatic carbocycles. The lowest BCUT2D eigenvalue weighted by molar-refractivity contribution is 0.0950. The normalized spacial score (nSPS) is 10.9. The predicted molar refractivity (Wildman–Crippen MR) is 127 cm³/mol. The van der Waals surface area contributed by atoms with Gasteiger partial charge >= 0.3 is 0 Å². The first kappa shape index (κ1) is 24.0. The smallest absolute Gasteiger partial charge is 0.251 e. The SMILES string of the molecule is C=CCNS(=O)(=O)c1cccc(C(=O)NCc2ccc(OCc3ccccc3)c(OC)c2)c1. The molecular formula is C25H26N2O5S. The Balaban J connectivity index is 1.64. The van der Waals surface area contributed by atoms with Gasteiger partial charge in [0, 0.05) is 18.7 Å². The molecule has 0 aromatic heterocycles. The summed E-state index contributed by atoms with van der Waals surface area (Å²) >= 11 is 0. The second kappa shape index (κ2) is 11.3. The largest absolute Gasteiger partial charge is 0.493 e. The van der Waals surface area contributed by atoms with Gasteiger partial charge < -0.3 is 14.8 Å². The van der Waals surface area contributed by atoms with Crippen molar-refractivity contribution in [1.29, 1.82) is 0 Å². The van der Waals surface area contributed by atoms with Gasteiger partial charge in [0.1, 0.15) is 6.61 Å². The highest BCUT2D eigenvalue weighted by Crippen LogP contribution is 2.29. The minimum Gasteiger partial charge on any atom is -0.493 e. The van der Waals surface area contributed by atoms with Crippen LogP contribution in [0.5, 0.6) is 11.5 Å². The zero-order valence-corrected chi connectivity index (χ0v) is 19.1. The average Bonchev–Trinajstić information content (AvgIpc) is 2.85. The highest BCUT2D eigenvalue weighted by Gasteiger charge is 2.15. The van der Waals surface area contributed by atoms with Crippen molar-refractivity contribution in [3.63, 3.8) is 0 Å². The van der Waals surface area contributed by atoms with Crippen molar-refractivity contribution in [1.82, 2.24) is 10.0 Å². The van der Waals surface area contributed by atoms with Crippen molar-refractivity contribution in [2.75, 3.05) is 13.7 Å². The molecule has 1 amide bonds. The van der Waals surface area contributed by atoms with E-state index in [0.29, 0.717) is 18.1 Å². The van der Waals surface area contributed by atoms with Crippen LogP contribution in [-0.4, -0.2) is 28.0 Å². The fraction of sp³-hybridized carbons (Fsp3) is 0.160. The summed E-state index contributed by atoms with van der Waals surface area (Å²) in [5.74, 6) is 0.763. The van der Waals surface area contributed by atoms with Crippen LogP contribution in [0.25, 0.3) is 0 Å². The van der Waals surface area contributed by atoms with Crippen LogP contribution in [0.1, 0.15) is 21.5 Å². The van der Waals surface area contributed by atoms with Gasteiger partial charge in [0.05, 0.1) is 12.0 Å². The van der Waals surface area contributed by atoms with Crippen LogP contribution in [-0.2, 0) is 23.2 Å². The van der Waals surface area contributed by atoms with E-state index < -0.39 is 10.0 Å². The average molecular weight is 467 g/mol. The first-order chi connectivity index (χ1) is 15.9. The third-order valence-corrected chi connectivity index (χ3v) is 6.16. The van der Waals surface area contributed by atoms with E-state index in [-0.39, 0.29) is 29.5 Å². The predicted octanol–water partition coefficient (Wildman–Crippen LogP) is 3.67. The topological polar surface area (TPSA) is 93.7 Å². The minimum absolute atomic E-state index is 0.0126. The molecule has 0 unspecified atom stereocenters. The number of rotatable bonds is 11. The lowest BCUT2D eigenvalue weighted by atomic mass is 10.1. The maximum absolute atomic E-state index is 12.6. The van der Waals surface area contributed by atoms with E-state index in [1.165, 1.54) is 24.3 Å². The van der Waals surface area contributed by atoms with Crippen LogP contribution < -0.4 is 19.5 Å². The summed E-state index contributed by atoms with van der Waals surface area (Å²) in [5.41, 5.74) is 2.09. The second-order valence-corrected chi connectivity index (χ2v) is 8.88. The Morgan fingerprint density at radius 2 is 1.76 bits per heavy atom. The van der Waals surface area contributed by atoms with Gasteiger partial charge in [0.15, 0.2) is 11.5 Å². The summed E-state index contributed by atoms with van der Waals surface area (Å²) in [6.45, 7) is 4.24. The molecule has 0 bridgehead atoms. The van der Waals surface area contributed by atoms with E-state index in [9.17, 15) is 13.2 Å². The molecule has 0 radical (unpaired) electrons. The Bertz CT molecular complexity index is 1210. The number of methoxy groups -OCH3 is 1. The van der Waals surface area contributed by atoms with Gasteiger partial charge in [-0.3, -0.25) is 4.79 Å². The molecule has 0 saturated carbocycles. The summed E-state index contributed by atoms with van der Waals surface area (Å²) in [7, 11) is -2.16. The van der Waals surface area contributed by atoms with E-state index in [1.54, 1.807) is 25.3 Å². The summed E-state index contributed by atoms with van der Waals surface area (Å²) < 4.78 is 38.2. The van der Waals surface area contributed by atoms with Crippen LogP contribution in [0.2, 0.25) is 0 Å². The number of hydrogen-bond donors (Lipinski definition) is 2. The molecule has 0 fully saturated rings. The van der Waals surface area contributed by atoms with Crippen molar-refractivity contribution in [3.05, 3.63) is 102 Å². The first-order valence-corrected chi connectivity index (χ1v) is 11.7. The van der Waals surface area contributed by atoms with Gasteiger partial charge in [-0.1, -0.05) is 48.5 Å². The highest BCUT2D eigenvalue weighted by molar-refractivity contribution is 7.89. The van der Waals surface area contributed by atoms with Gasteiger partial charge in [0.2, 0.25) is 10.0 Å². The van der Waals surface area contributed by atoms with Crippen molar-refractivity contribution >= 4 is 15.9 Å². The highest BCUT2D eigenvalue weighted by atomic mass is 32.2. The molecule has 0 heterocycles. The number of benzene rings is 3. The van der Waals surface area contributed by atoms with Crippen LogP contribution in [0.15, 0.2) is 90.3 Å². The zero-order valence-electron chi connectivity index (χ0n) is 18.3. The maximum Gasteiger partial charge on any atom is 0.251 e. The van der Waals surface area contributed by atoms with Gasteiger partial charge in [-0.25, -0.2) is 13.1 Å². The van der Waals surface area contributed by atoms with E-state index in [2.05, 4.69) is 16.6 Å². The Labute approximate surface area is 194 Å². The van der Waals surface area contributed by atoms with Crippen molar-refractivity contribution < 1.29 is 22.7 Å². The van der Waals surface area contributed by atoms with E-state index in [1.807, 2.05) is 36.4 Å². The molecule has 33 heavy (non-hydrogen) atoms. The van der Waals surface area contributed by atoms with Crippen molar-refractivity contribution in [3.8, 4) is 11.5 Å². The molecule has 172 valence electrons. The summed E-state index contributed by atoms with van der Waals surface area (Å²) in [4.78, 5) is 12.6. The van der Waals surface area contributed by atoms with Gasteiger partial charge in [0.25, 0.3) is 5.91 Å². The van der Waals surface area contributed by atoms with Gasteiger partial charge in [-0.2, -0.15) is 0 Å². The summed E-state index contributed by atoms with van der Waals surface area (Å²) in [6.07, 6.45) is 1.44. The summed E-state index contributed by atoms with van der Waals surface area (Å²) in [5, 5.41) is 2.80. The lowest BCUT2D eigenvalue weighted by Gasteiger charge is -2.13. The lowest BCUT2D eigenvalue weighted by Crippen LogP contribution is -2.25. The van der Waals surface area contributed by atoms with Gasteiger partial charge in [-0.05, 0) is 41.5 Å². The monoisotopic (exact) mass is 466 g/mol. The van der Waals surface area contributed by atoms with Crippen LogP contribution in [0.4, 0.5) is 0 Å². The Kier molecular flexibility index (Phi) is 8.23. The van der Waals surface area contributed by atoms with Crippen LogP contribution >= 0.6 is 0 Å². The maximum atomic E-state index is 12.6. The molecule has 2 N–H and O–H groups in total. The number of amides is 1. The third kappa shape index (κ3) is 6.68. The molecule has 0 aliphatic heterocycles. The number of sulfonamides is 1. The molecule has 0 atom stereocenters. The molecule has 0 aliphatic rings.